The lowest BCUT2D eigenvalue weighted by atomic mass is 10.0. The number of aromatic hydroxyl groups is 1. The Morgan fingerprint density at radius 2 is 1.80 bits per heavy atom. The summed E-state index contributed by atoms with van der Waals surface area (Å²) in [6.45, 7) is 3.15. The highest BCUT2D eigenvalue weighted by Gasteiger charge is 2.32. The topological polar surface area (TPSA) is 53.7 Å². The molecule has 25 heavy (non-hydrogen) atoms. The Morgan fingerprint density at radius 1 is 1.16 bits per heavy atom. The predicted molar refractivity (Wildman–Crippen MR) is 86.2 cm³/mol. The summed E-state index contributed by atoms with van der Waals surface area (Å²) in [6, 6.07) is 1.39. The molecule has 1 fully saturated rings. The van der Waals surface area contributed by atoms with Crippen molar-refractivity contribution in [1.82, 2.24) is 19.5 Å². The summed E-state index contributed by atoms with van der Waals surface area (Å²) in [4.78, 5) is 7.23. The molecule has 2 aromatic heterocycles. The molecule has 0 spiro atoms. The lowest BCUT2D eigenvalue weighted by Gasteiger charge is -2.27. The van der Waals surface area contributed by atoms with Gasteiger partial charge in [0.15, 0.2) is 17.5 Å². The maximum absolute atomic E-state index is 13.8. The van der Waals surface area contributed by atoms with Crippen LogP contribution in [0, 0.1) is 24.4 Å². The van der Waals surface area contributed by atoms with Crippen molar-refractivity contribution in [2.75, 3.05) is 13.1 Å². The van der Waals surface area contributed by atoms with Gasteiger partial charge in [-0.25, -0.2) is 18.2 Å². The molecule has 9 heteroatoms. The molecule has 1 N–H and O–H groups in total. The summed E-state index contributed by atoms with van der Waals surface area (Å²) in [6.07, 6.45) is 1.90. The summed E-state index contributed by atoms with van der Waals surface area (Å²) in [5, 5.41) is 14.7. The maximum atomic E-state index is 13.8. The summed E-state index contributed by atoms with van der Waals surface area (Å²) in [5.74, 6) is -3.57. The fourth-order valence-corrected chi connectivity index (χ4v) is 4.45. The summed E-state index contributed by atoms with van der Waals surface area (Å²) in [7, 11) is 0. The Labute approximate surface area is 145 Å². The van der Waals surface area contributed by atoms with E-state index < -0.39 is 23.5 Å². The third-order valence-electron chi connectivity index (χ3n) is 4.38. The second kappa shape index (κ2) is 5.99. The van der Waals surface area contributed by atoms with E-state index in [1.165, 1.54) is 15.9 Å². The number of thiazole rings is 1. The number of hydrogen-bond acceptors (Lipinski definition) is 5. The van der Waals surface area contributed by atoms with Gasteiger partial charge in [0.2, 0.25) is 10.8 Å². The molecule has 0 aliphatic carbocycles. The van der Waals surface area contributed by atoms with Gasteiger partial charge >= 0.3 is 0 Å². The van der Waals surface area contributed by atoms with E-state index in [0.29, 0.717) is 15.7 Å². The number of rotatable bonds is 3. The van der Waals surface area contributed by atoms with Gasteiger partial charge < -0.3 is 5.11 Å². The number of nitrogens with zero attached hydrogens (tertiary/aromatic N) is 4. The molecule has 1 aromatic carbocycles. The Morgan fingerprint density at radius 3 is 2.40 bits per heavy atom. The molecule has 132 valence electrons. The molecule has 0 amide bonds. The Balaban J connectivity index is 1.88. The Hall–Kier alpha value is -2.13. The lowest BCUT2D eigenvalue weighted by Crippen LogP contribution is -2.26. The van der Waals surface area contributed by atoms with Crippen LogP contribution in [0.3, 0.4) is 0 Å². The number of halogens is 3. The van der Waals surface area contributed by atoms with Crippen molar-refractivity contribution >= 4 is 16.3 Å². The van der Waals surface area contributed by atoms with E-state index in [1.807, 2.05) is 4.90 Å². The van der Waals surface area contributed by atoms with E-state index in [-0.39, 0.29) is 11.4 Å². The molecule has 1 aliphatic rings. The van der Waals surface area contributed by atoms with Crippen molar-refractivity contribution in [3.63, 3.8) is 0 Å². The first-order chi connectivity index (χ1) is 12.0. The van der Waals surface area contributed by atoms with Crippen LogP contribution in [0.5, 0.6) is 5.88 Å². The molecule has 3 heterocycles. The van der Waals surface area contributed by atoms with Gasteiger partial charge in [0.25, 0.3) is 0 Å². The van der Waals surface area contributed by atoms with E-state index in [9.17, 15) is 18.3 Å². The van der Waals surface area contributed by atoms with Crippen LogP contribution in [0.2, 0.25) is 0 Å². The van der Waals surface area contributed by atoms with Gasteiger partial charge in [0, 0.05) is 0 Å². The first-order valence-corrected chi connectivity index (χ1v) is 8.71. The van der Waals surface area contributed by atoms with E-state index in [1.54, 1.807) is 6.92 Å². The summed E-state index contributed by atoms with van der Waals surface area (Å²) >= 11 is 1.21. The van der Waals surface area contributed by atoms with E-state index in [2.05, 4.69) is 10.1 Å². The van der Waals surface area contributed by atoms with Crippen LogP contribution in [0.1, 0.15) is 35.1 Å². The van der Waals surface area contributed by atoms with Gasteiger partial charge in [-0.3, -0.25) is 4.90 Å². The number of fused-ring (bicyclic) bond motifs is 1. The highest BCUT2D eigenvalue weighted by molar-refractivity contribution is 7.17. The van der Waals surface area contributed by atoms with Crippen LogP contribution in [-0.4, -0.2) is 37.7 Å². The Kier molecular flexibility index (Phi) is 3.92. The molecule has 5 nitrogen and oxygen atoms in total. The van der Waals surface area contributed by atoms with Gasteiger partial charge in [0.05, 0.1) is 10.9 Å². The zero-order valence-corrected chi connectivity index (χ0v) is 14.2. The normalized spacial score (nSPS) is 16.8. The second-order valence-electron chi connectivity index (χ2n) is 6.09. The van der Waals surface area contributed by atoms with Gasteiger partial charge in [0.1, 0.15) is 5.82 Å². The molecule has 3 aromatic rings. The SMILES string of the molecule is Cc1nc2sc([C@H](c3cc(F)c(F)c(F)c3)N3CCCC3)c(O)n2n1. The zero-order chi connectivity index (χ0) is 17.7. The highest BCUT2D eigenvalue weighted by Crippen LogP contribution is 2.41. The quantitative estimate of drug-likeness (QED) is 0.720. The largest absolute Gasteiger partial charge is 0.492 e. The molecule has 1 aliphatic heterocycles. The first-order valence-electron chi connectivity index (χ1n) is 7.89. The van der Waals surface area contributed by atoms with Crippen LogP contribution in [0.4, 0.5) is 13.2 Å². The number of likely N-dealkylation sites (tertiary alicyclic amines) is 1. The van der Waals surface area contributed by atoms with Crippen molar-refractivity contribution in [3.8, 4) is 5.88 Å². The summed E-state index contributed by atoms with van der Waals surface area (Å²) < 4.78 is 42.2. The van der Waals surface area contributed by atoms with Crippen molar-refractivity contribution in [3.05, 3.63) is 45.8 Å². The molecule has 1 saturated heterocycles. The fourth-order valence-electron chi connectivity index (χ4n) is 3.29. The van der Waals surface area contributed by atoms with Crippen molar-refractivity contribution < 1.29 is 18.3 Å². The minimum absolute atomic E-state index is 0.109. The van der Waals surface area contributed by atoms with Gasteiger partial charge in [-0.15, -0.1) is 5.10 Å². The molecule has 0 bridgehead atoms. The van der Waals surface area contributed by atoms with Crippen molar-refractivity contribution in [1.29, 1.82) is 0 Å². The second-order valence-corrected chi connectivity index (χ2v) is 7.10. The third-order valence-corrected chi connectivity index (χ3v) is 5.45. The van der Waals surface area contributed by atoms with Crippen molar-refractivity contribution in [2.24, 2.45) is 0 Å². The number of aromatic nitrogens is 3. The van der Waals surface area contributed by atoms with E-state index >= 15 is 0 Å². The van der Waals surface area contributed by atoms with Crippen LogP contribution >= 0.6 is 11.3 Å². The molecule has 1 atom stereocenters. The van der Waals surface area contributed by atoms with E-state index in [4.69, 9.17) is 0 Å². The maximum Gasteiger partial charge on any atom is 0.230 e. The molecular formula is C16H15F3N4OS. The molecule has 0 unspecified atom stereocenters. The lowest BCUT2D eigenvalue weighted by molar-refractivity contribution is 0.275. The smallest absolute Gasteiger partial charge is 0.230 e. The molecule has 4 rings (SSSR count). The minimum atomic E-state index is -1.49. The van der Waals surface area contributed by atoms with Crippen LogP contribution in [0.25, 0.3) is 4.96 Å². The minimum Gasteiger partial charge on any atom is -0.492 e. The number of hydrogen-bond donors (Lipinski definition) is 1. The van der Waals surface area contributed by atoms with Gasteiger partial charge in [-0.2, -0.15) is 4.52 Å². The third kappa shape index (κ3) is 2.67. The predicted octanol–water partition coefficient (Wildman–Crippen LogP) is 3.41. The van der Waals surface area contributed by atoms with Crippen LogP contribution in [-0.2, 0) is 0 Å². The van der Waals surface area contributed by atoms with Gasteiger partial charge in [-0.1, -0.05) is 11.3 Å². The standard InChI is InChI=1S/C16H15F3N4OS/c1-8-20-16-23(21-8)15(24)14(25-16)13(22-4-2-3-5-22)9-6-10(17)12(19)11(18)7-9/h6-7,13,24H,2-5H2,1H3/t13-/m0/s1. The number of benzene rings is 1. The Bertz CT molecular complexity index is 925. The van der Waals surface area contributed by atoms with Crippen LogP contribution < -0.4 is 0 Å². The van der Waals surface area contributed by atoms with Crippen molar-refractivity contribution in [2.45, 2.75) is 25.8 Å². The average molecular weight is 368 g/mol. The highest BCUT2D eigenvalue weighted by atomic mass is 32.1. The van der Waals surface area contributed by atoms with E-state index in [0.717, 1.165) is 38.1 Å². The molecule has 0 saturated carbocycles. The average Bonchev–Trinajstić information content (AvgIpc) is 3.26. The zero-order valence-electron chi connectivity index (χ0n) is 13.3. The molecular weight excluding hydrogens is 353 g/mol. The number of aryl methyl sites for hydroxylation is 1. The fraction of sp³-hybridized carbons (Fsp3) is 0.375. The first kappa shape index (κ1) is 16.3. The molecule has 0 radical (unpaired) electrons. The summed E-state index contributed by atoms with van der Waals surface area (Å²) in [5.41, 5.74) is 0.259. The monoisotopic (exact) mass is 368 g/mol. The van der Waals surface area contributed by atoms with Gasteiger partial charge in [-0.05, 0) is 50.6 Å². The van der Waals surface area contributed by atoms with Crippen LogP contribution in [0.15, 0.2) is 12.1 Å².